The number of carbonyl (C=O) groups is 3. The van der Waals surface area contributed by atoms with Gasteiger partial charge < -0.3 is 34.2 Å². The Kier molecular flexibility index (Phi) is 67.5. The largest absolute Gasteiger partial charge is 0.472 e. The lowest BCUT2D eigenvalue weighted by molar-refractivity contribution is -0.161. The van der Waals surface area contributed by atoms with Crippen LogP contribution in [0.15, 0.2) is 158 Å². The van der Waals surface area contributed by atoms with E-state index < -0.39 is 91.5 Å². The highest BCUT2D eigenvalue weighted by atomic mass is 31.2. The fourth-order valence-electron chi connectivity index (χ4n) is 9.09. The minimum Gasteiger partial charge on any atom is -0.463 e. The summed E-state index contributed by atoms with van der Waals surface area (Å²) in [5.41, 5.74) is 0. The summed E-state index contributed by atoms with van der Waals surface area (Å²) in [6.07, 6.45) is 87.0. The molecule has 0 aliphatic carbocycles. The molecule has 0 aromatic rings. The van der Waals surface area contributed by atoms with Crippen molar-refractivity contribution in [2.75, 3.05) is 39.6 Å². The summed E-state index contributed by atoms with van der Waals surface area (Å²) >= 11 is 0. The minimum atomic E-state index is -4.95. The molecule has 0 amide bonds. The first kappa shape index (κ1) is 92.2. The van der Waals surface area contributed by atoms with Crippen molar-refractivity contribution in [2.24, 2.45) is 0 Å². The number of allylic oxidation sites excluding steroid dienone is 26. The third-order valence-corrected chi connectivity index (χ3v) is 16.6. The Labute approximate surface area is 587 Å². The van der Waals surface area contributed by atoms with E-state index in [0.29, 0.717) is 19.3 Å². The van der Waals surface area contributed by atoms with Gasteiger partial charge in [-0.3, -0.25) is 32.5 Å². The van der Waals surface area contributed by atoms with Crippen molar-refractivity contribution in [3.63, 3.8) is 0 Å². The van der Waals surface area contributed by atoms with E-state index in [2.05, 4.69) is 179 Å². The van der Waals surface area contributed by atoms with Crippen LogP contribution in [0, 0.1) is 0 Å². The molecule has 0 aromatic carbocycles. The Bertz CT molecular complexity index is 2400. The Morgan fingerprint density at radius 3 is 0.876 bits per heavy atom. The highest BCUT2D eigenvalue weighted by Crippen LogP contribution is 2.45. The lowest BCUT2D eigenvalue weighted by Gasteiger charge is -2.21. The maximum Gasteiger partial charge on any atom is 0.472 e. The van der Waals surface area contributed by atoms with Gasteiger partial charge in [-0.05, 0) is 154 Å². The molecule has 0 fully saturated rings. The average Bonchev–Trinajstić information content (AvgIpc) is 2.08. The molecule has 0 saturated heterocycles. The van der Waals surface area contributed by atoms with Crippen molar-refractivity contribution in [3.05, 3.63) is 158 Å². The summed E-state index contributed by atoms with van der Waals surface area (Å²) in [6.45, 7) is 2.40. The van der Waals surface area contributed by atoms with Crippen LogP contribution in [0.1, 0.15) is 265 Å². The summed E-state index contributed by atoms with van der Waals surface area (Å²) in [7, 11) is -9.82. The second-order valence-corrected chi connectivity index (χ2v) is 26.9. The Hall–Kier alpha value is -4.83. The van der Waals surface area contributed by atoms with E-state index in [1.165, 1.54) is 44.9 Å². The molecule has 0 saturated carbocycles. The highest BCUT2D eigenvalue weighted by Gasteiger charge is 2.29. The molecule has 0 bridgehead atoms. The molecule has 0 aromatic heterocycles. The van der Waals surface area contributed by atoms with Crippen LogP contribution in [-0.2, 0) is 55.8 Å². The Balaban J connectivity index is 4.80. The van der Waals surface area contributed by atoms with Gasteiger partial charge in [0.1, 0.15) is 25.4 Å². The number of ether oxygens (including phenoxy) is 3. The SMILES string of the molecule is CC/C=C\C/C=C\C/C=C\C/C=C\C/C=C\CCCCCC(=O)OC(COC(=O)CCCCCCC/C=C\C/C=C\C/C=C\C/C=C\CCCCC)COP(=O)(O)OCC(O)COP(=O)(O)OCC(O)COC(=O)CCCCCCC/C=C\C/C=C\C/C=C\C/C=C\CCCCC. The number of rotatable bonds is 68. The summed E-state index contributed by atoms with van der Waals surface area (Å²) in [6, 6.07) is 0. The molecule has 97 heavy (non-hydrogen) atoms. The van der Waals surface area contributed by atoms with Crippen molar-refractivity contribution in [1.82, 2.24) is 0 Å². The first-order valence-electron chi connectivity index (χ1n) is 36.8. The van der Waals surface area contributed by atoms with E-state index in [1.54, 1.807) is 0 Å². The Morgan fingerprint density at radius 2 is 0.546 bits per heavy atom. The zero-order valence-corrected chi connectivity index (χ0v) is 61.7. The van der Waals surface area contributed by atoms with Crippen LogP contribution < -0.4 is 0 Å². The number of hydrogen-bond donors (Lipinski definition) is 4. The van der Waals surface area contributed by atoms with Crippen molar-refractivity contribution in [2.45, 2.75) is 283 Å². The summed E-state index contributed by atoms with van der Waals surface area (Å²) in [5.74, 6) is -1.66. The normalized spacial score (nSPS) is 15.0. The van der Waals surface area contributed by atoms with Crippen molar-refractivity contribution in [3.8, 4) is 0 Å². The number of carbonyl (C=O) groups excluding carboxylic acids is 3. The van der Waals surface area contributed by atoms with Crippen molar-refractivity contribution in [1.29, 1.82) is 0 Å². The van der Waals surface area contributed by atoms with Crippen LogP contribution in [0.4, 0.5) is 0 Å². The maximum absolute atomic E-state index is 13.0. The van der Waals surface area contributed by atoms with Crippen LogP contribution >= 0.6 is 15.6 Å². The fourth-order valence-corrected chi connectivity index (χ4v) is 10.7. The molecule has 0 heterocycles. The minimum absolute atomic E-state index is 0.0541. The van der Waals surface area contributed by atoms with Gasteiger partial charge in [0.15, 0.2) is 6.10 Å². The van der Waals surface area contributed by atoms with Gasteiger partial charge in [-0.15, -0.1) is 0 Å². The number of phosphoric ester groups is 2. The van der Waals surface area contributed by atoms with E-state index in [1.807, 2.05) is 0 Å². The molecule has 5 unspecified atom stereocenters. The Morgan fingerprint density at radius 1 is 0.299 bits per heavy atom. The molecule has 0 aliphatic rings. The zero-order valence-electron chi connectivity index (χ0n) is 59.9. The van der Waals surface area contributed by atoms with Crippen LogP contribution in [0.3, 0.4) is 0 Å². The molecule has 18 heteroatoms. The number of phosphoric acid groups is 2. The van der Waals surface area contributed by atoms with Gasteiger partial charge in [0.2, 0.25) is 0 Å². The molecular weight excluding hydrogens is 1270 g/mol. The monoisotopic (exact) mass is 1400 g/mol. The predicted molar refractivity (Wildman–Crippen MR) is 399 cm³/mol. The van der Waals surface area contributed by atoms with E-state index in [4.69, 9.17) is 32.3 Å². The first-order valence-corrected chi connectivity index (χ1v) is 39.8. The maximum atomic E-state index is 13.0. The summed E-state index contributed by atoms with van der Waals surface area (Å²) in [4.78, 5) is 58.6. The molecular formula is C79H130O16P2. The van der Waals surface area contributed by atoms with Crippen LogP contribution in [-0.4, -0.2) is 95.9 Å². The van der Waals surface area contributed by atoms with Crippen LogP contribution in [0.25, 0.3) is 0 Å². The van der Waals surface area contributed by atoms with Gasteiger partial charge in [-0.2, -0.15) is 0 Å². The van der Waals surface area contributed by atoms with Gasteiger partial charge >= 0.3 is 33.6 Å². The third kappa shape index (κ3) is 72.2. The van der Waals surface area contributed by atoms with Gasteiger partial charge in [-0.1, -0.05) is 249 Å². The second kappa shape index (κ2) is 71.0. The molecule has 4 N–H and O–H groups in total. The molecule has 0 spiro atoms. The lowest BCUT2D eigenvalue weighted by atomic mass is 10.1. The molecule has 0 radical (unpaired) electrons. The van der Waals surface area contributed by atoms with Gasteiger partial charge in [0, 0.05) is 19.3 Å². The number of unbranched alkanes of at least 4 members (excludes halogenated alkanes) is 19. The number of aliphatic hydroxyl groups is 2. The van der Waals surface area contributed by atoms with E-state index >= 15 is 0 Å². The van der Waals surface area contributed by atoms with Gasteiger partial charge in [-0.25, -0.2) is 9.13 Å². The van der Waals surface area contributed by atoms with Gasteiger partial charge in [0.25, 0.3) is 0 Å². The fraction of sp³-hybridized carbons (Fsp3) is 0.633. The first-order chi connectivity index (χ1) is 47.2. The summed E-state index contributed by atoms with van der Waals surface area (Å²) in [5, 5.41) is 20.6. The molecule has 552 valence electrons. The van der Waals surface area contributed by atoms with E-state index in [9.17, 15) is 43.5 Å². The quantitative estimate of drug-likeness (QED) is 0.0146. The zero-order chi connectivity index (χ0) is 70.9. The molecule has 16 nitrogen and oxygen atoms in total. The molecule has 0 rings (SSSR count). The van der Waals surface area contributed by atoms with Gasteiger partial charge in [0.05, 0.1) is 26.4 Å². The highest BCUT2D eigenvalue weighted by molar-refractivity contribution is 7.47. The average molecular weight is 1400 g/mol. The van der Waals surface area contributed by atoms with Crippen molar-refractivity contribution < 1.29 is 75.8 Å². The smallest absolute Gasteiger partial charge is 0.463 e. The van der Waals surface area contributed by atoms with Crippen LogP contribution in [0.5, 0.6) is 0 Å². The standard InChI is InChI=1S/C79H130O16P2/c1-4-7-10-13-16-19-22-25-28-31-34-36-39-41-44-47-50-53-56-59-62-65-77(82)89-68-74(80)69-91-96(85,86)92-70-75(81)71-93-97(87,88)94-73-76(95-79(84)67-64-61-58-55-52-49-46-43-38-33-30-27-24-21-18-15-12-9-6-3)72-90-78(83)66-63-60-57-54-51-48-45-42-40-37-35-32-29-26-23-20-17-14-11-8-5-2/h9,12,16-21,25-30,34-38,41-45,49,52,74-76,80-81H,4-8,10-11,13-15,22-24,31-33,39-40,46-48,50-51,53-73H2,1-3H3,(H,85,86)(H,87,88)/b12-9-,19-16-,20-17-,21-18-,28-25-,29-26-,30-27-,36-34-,37-35-,43-38-,44-41-,45-42-,52-49-. The third-order valence-electron chi connectivity index (χ3n) is 14.7. The molecule has 5 atom stereocenters. The molecule has 0 aliphatic heterocycles. The van der Waals surface area contributed by atoms with E-state index in [0.717, 1.165) is 161 Å². The van der Waals surface area contributed by atoms with Crippen LogP contribution in [0.2, 0.25) is 0 Å². The van der Waals surface area contributed by atoms with Crippen molar-refractivity contribution >= 4 is 33.6 Å². The second-order valence-electron chi connectivity index (χ2n) is 24.0. The number of aliphatic hydroxyl groups excluding tert-OH is 2. The lowest BCUT2D eigenvalue weighted by Crippen LogP contribution is -2.30. The predicted octanol–water partition coefficient (Wildman–Crippen LogP) is 21.1. The summed E-state index contributed by atoms with van der Waals surface area (Å²) < 4.78 is 61.0. The topological polar surface area (TPSA) is 231 Å². The number of hydrogen-bond acceptors (Lipinski definition) is 14. The number of esters is 3. The van der Waals surface area contributed by atoms with E-state index in [-0.39, 0.29) is 19.3 Å².